The predicted octanol–water partition coefficient (Wildman–Crippen LogP) is 1.28. The molecule has 0 aliphatic heterocycles. The maximum Gasteiger partial charge on any atom is 0.307 e. The first kappa shape index (κ1) is 5.96. The molecule has 0 heterocycles. The van der Waals surface area contributed by atoms with Gasteiger partial charge in [-0.05, 0) is 25.2 Å². The van der Waals surface area contributed by atoms with Gasteiger partial charge in [-0.3, -0.25) is 4.79 Å². The molecular formula is C8H10O2. The van der Waals surface area contributed by atoms with Gasteiger partial charge in [0.05, 0.1) is 5.92 Å². The van der Waals surface area contributed by atoms with Crippen LogP contribution in [0, 0.1) is 17.8 Å². The number of hydrogen-bond acceptors (Lipinski definition) is 1. The zero-order valence-electron chi connectivity index (χ0n) is 5.87. The molecule has 2 heteroatoms. The van der Waals surface area contributed by atoms with Crippen molar-refractivity contribution < 1.29 is 9.90 Å². The molecule has 10 heavy (non-hydrogen) atoms. The highest BCUT2D eigenvalue weighted by Gasteiger charge is 2.55. The van der Waals surface area contributed by atoms with E-state index in [1.54, 1.807) is 0 Å². The molecule has 0 aromatic rings. The Kier molecular flexibility index (Phi) is 0.967. The van der Waals surface area contributed by atoms with Crippen LogP contribution in [-0.2, 0) is 4.79 Å². The zero-order valence-corrected chi connectivity index (χ0v) is 5.87. The van der Waals surface area contributed by atoms with Crippen molar-refractivity contribution in [3.05, 3.63) is 11.6 Å². The third kappa shape index (κ3) is 0.618. The predicted molar refractivity (Wildman–Crippen MR) is 36.5 cm³/mol. The van der Waals surface area contributed by atoms with E-state index < -0.39 is 5.97 Å². The van der Waals surface area contributed by atoms with Crippen LogP contribution in [0.2, 0.25) is 0 Å². The Morgan fingerprint density at radius 1 is 1.80 bits per heavy atom. The molecule has 0 bridgehead atoms. The van der Waals surface area contributed by atoms with Crippen LogP contribution in [0.15, 0.2) is 11.6 Å². The largest absolute Gasteiger partial charge is 0.481 e. The summed E-state index contributed by atoms with van der Waals surface area (Å²) in [6.45, 7) is 2.07. The van der Waals surface area contributed by atoms with Crippen LogP contribution in [0.5, 0.6) is 0 Å². The van der Waals surface area contributed by atoms with Crippen LogP contribution in [0.25, 0.3) is 0 Å². The van der Waals surface area contributed by atoms with Crippen molar-refractivity contribution >= 4 is 5.97 Å². The van der Waals surface area contributed by atoms with Gasteiger partial charge in [0.2, 0.25) is 0 Å². The number of aliphatic carboxylic acids is 1. The molecule has 0 radical (unpaired) electrons. The maximum absolute atomic E-state index is 10.5. The van der Waals surface area contributed by atoms with Crippen LogP contribution in [0.4, 0.5) is 0 Å². The summed E-state index contributed by atoms with van der Waals surface area (Å²) in [7, 11) is 0. The fourth-order valence-corrected chi connectivity index (χ4v) is 2.01. The Morgan fingerprint density at radius 3 is 2.90 bits per heavy atom. The monoisotopic (exact) mass is 138 g/mol. The summed E-state index contributed by atoms with van der Waals surface area (Å²) in [6, 6.07) is 0. The molecule has 0 saturated heterocycles. The third-order valence-electron chi connectivity index (χ3n) is 2.55. The normalized spacial score (nSPS) is 42.5. The first-order valence-electron chi connectivity index (χ1n) is 3.60. The highest BCUT2D eigenvalue weighted by Crippen LogP contribution is 2.55. The van der Waals surface area contributed by atoms with Crippen molar-refractivity contribution in [2.75, 3.05) is 0 Å². The molecule has 0 amide bonds. The molecule has 2 nitrogen and oxygen atoms in total. The number of rotatable bonds is 1. The number of carboxylic acids is 1. The van der Waals surface area contributed by atoms with Crippen LogP contribution in [0.3, 0.4) is 0 Å². The summed E-state index contributed by atoms with van der Waals surface area (Å²) in [5.41, 5.74) is 1.37. The molecular weight excluding hydrogens is 128 g/mol. The second-order valence-corrected chi connectivity index (χ2v) is 3.32. The minimum Gasteiger partial charge on any atom is -0.481 e. The van der Waals surface area contributed by atoms with Crippen molar-refractivity contribution in [1.29, 1.82) is 0 Å². The average Bonchev–Trinajstić information content (AvgIpc) is 2.32. The molecule has 2 aliphatic carbocycles. The van der Waals surface area contributed by atoms with Crippen molar-refractivity contribution in [2.45, 2.75) is 13.3 Å². The summed E-state index contributed by atoms with van der Waals surface area (Å²) < 4.78 is 0. The molecule has 54 valence electrons. The van der Waals surface area contributed by atoms with E-state index in [0.29, 0.717) is 11.8 Å². The topological polar surface area (TPSA) is 37.3 Å². The van der Waals surface area contributed by atoms with Crippen LogP contribution in [-0.4, -0.2) is 11.1 Å². The van der Waals surface area contributed by atoms with Gasteiger partial charge in [0, 0.05) is 0 Å². The highest BCUT2D eigenvalue weighted by atomic mass is 16.4. The summed E-state index contributed by atoms with van der Waals surface area (Å²) >= 11 is 0. The van der Waals surface area contributed by atoms with Gasteiger partial charge in [-0.1, -0.05) is 11.6 Å². The molecule has 2 aliphatic rings. The van der Waals surface area contributed by atoms with Gasteiger partial charge in [0.25, 0.3) is 0 Å². The first-order chi connectivity index (χ1) is 4.70. The van der Waals surface area contributed by atoms with Gasteiger partial charge in [-0.15, -0.1) is 0 Å². The third-order valence-corrected chi connectivity index (χ3v) is 2.55. The van der Waals surface area contributed by atoms with Gasteiger partial charge >= 0.3 is 5.97 Å². The lowest BCUT2D eigenvalue weighted by atomic mass is 10.1. The average molecular weight is 138 g/mol. The lowest BCUT2D eigenvalue weighted by Crippen LogP contribution is -2.01. The van der Waals surface area contributed by atoms with Gasteiger partial charge in [0.15, 0.2) is 0 Å². The van der Waals surface area contributed by atoms with Gasteiger partial charge in [-0.25, -0.2) is 0 Å². The van der Waals surface area contributed by atoms with E-state index in [4.69, 9.17) is 5.11 Å². The van der Waals surface area contributed by atoms with E-state index in [2.05, 4.69) is 13.0 Å². The molecule has 0 spiro atoms. The van der Waals surface area contributed by atoms with Crippen LogP contribution < -0.4 is 0 Å². The van der Waals surface area contributed by atoms with Crippen molar-refractivity contribution in [3.63, 3.8) is 0 Å². The van der Waals surface area contributed by atoms with Crippen LogP contribution >= 0.6 is 0 Å². The maximum atomic E-state index is 10.5. The number of allylic oxidation sites excluding steroid dienone is 2. The Balaban J connectivity index is 2.09. The molecule has 0 aromatic carbocycles. The number of fused-ring (bicyclic) bond motifs is 1. The fraction of sp³-hybridized carbons (Fsp3) is 0.625. The summed E-state index contributed by atoms with van der Waals surface area (Å²) in [5.74, 6) is 0.192. The molecule has 0 unspecified atom stereocenters. The molecule has 0 aromatic heterocycles. The van der Waals surface area contributed by atoms with E-state index in [1.807, 2.05) is 0 Å². The first-order valence-corrected chi connectivity index (χ1v) is 3.60. The lowest BCUT2D eigenvalue weighted by molar-refractivity contribution is -0.139. The lowest BCUT2D eigenvalue weighted by Gasteiger charge is -1.94. The zero-order chi connectivity index (χ0) is 7.30. The summed E-state index contributed by atoms with van der Waals surface area (Å²) in [5, 5.41) is 8.62. The molecule has 3 atom stereocenters. The van der Waals surface area contributed by atoms with Crippen molar-refractivity contribution in [3.8, 4) is 0 Å². The summed E-state index contributed by atoms with van der Waals surface area (Å²) in [6.07, 6.45) is 3.13. The second kappa shape index (κ2) is 1.62. The summed E-state index contributed by atoms with van der Waals surface area (Å²) in [4.78, 5) is 10.5. The Morgan fingerprint density at radius 2 is 2.50 bits per heavy atom. The smallest absolute Gasteiger partial charge is 0.307 e. The van der Waals surface area contributed by atoms with Crippen molar-refractivity contribution in [2.24, 2.45) is 17.8 Å². The number of carboxylic acid groups (broad SMARTS) is 1. The number of carbonyl (C=O) groups is 1. The molecule has 1 fully saturated rings. The highest BCUT2D eigenvalue weighted by molar-refractivity contribution is 5.75. The minimum atomic E-state index is -0.612. The molecule has 1 N–H and O–H groups in total. The number of hydrogen-bond donors (Lipinski definition) is 1. The van der Waals surface area contributed by atoms with Gasteiger partial charge in [-0.2, -0.15) is 0 Å². The molecule has 2 rings (SSSR count). The molecule has 1 saturated carbocycles. The minimum absolute atomic E-state index is 0.0382. The van der Waals surface area contributed by atoms with E-state index >= 15 is 0 Å². The Hall–Kier alpha value is -0.790. The fourth-order valence-electron chi connectivity index (χ4n) is 2.01. The van der Waals surface area contributed by atoms with E-state index in [1.165, 1.54) is 5.57 Å². The SMILES string of the molecule is CC1=C[C@H]2[C@@H](C1)[C@@H]2C(=O)O. The van der Waals surface area contributed by atoms with Crippen molar-refractivity contribution in [1.82, 2.24) is 0 Å². The Labute approximate surface area is 59.5 Å². The van der Waals surface area contributed by atoms with E-state index in [9.17, 15) is 4.79 Å². The van der Waals surface area contributed by atoms with E-state index in [0.717, 1.165) is 6.42 Å². The van der Waals surface area contributed by atoms with E-state index in [-0.39, 0.29) is 5.92 Å². The second-order valence-electron chi connectivity index (χ2n) is 3.32. The van der Waals surface area contributed by atoms with Crippen LogP contribution in [0.1, 0.15) is 13.3 Å². The van der Waals surface area contributed by atoms with Gasteiger partial charge in [0.1, 0.15) is 0 Å². The standard InChI is InChI=1S/C8H10O2/c1-4-2-5-6(3-4)7(5)8(9)10/h2,5-7H,3H2,1H3,(H,9,10)/t5-,6+,7+/m0/s1. The quantitative estimate of drug-likeness (QED) is 0.554. The Bertz CT molecular complexity index is 217. The van der Waals surface area contributed by atoms with Gasteiger partial charge < -0.3 is 5.11 Å².